The molecule has 5 N–H and O–H groups in total. The molecule has 0 radical (unpaired) electrons. The van der Waals surface area contributed by atoms with E-state index >= 15 is 0 Å². The second-order valence-electron chi connectivity index (χ2n) is 8.24. The average molecular weight is 408 g/mol. The number of nitrogens with two attached hydrogens (primary N) is 1. The third-order valence-corrected chi connectivity index (χ3v) is 6.14. The van der Waals surface area contributed by atoms with Crippen molar-refractivity contribution in [3.8, 4) is 0 Å². The third kappa shape index (κ3) is 4.46. The Hall–Kier alpha value is -2.93. The van der Waals surface area contributed by atoms with Gasteiger partial charge in [0.25, 0.3) is 0 Å². The molecule has 158 valence electrons. The molecule has 0 bridgehead atoms. The zero-order valence-corrected chi connectivity index (χ0v) is 17.2. The molecular weight excluding hydrogens is 378 g/mol. The fourth-order valence-electron chi connectivity index (χ4n) is 4.45. The number of amides is 2. The quantitative estimate of drug-likeness (QED) is 0.604. The number of aryl methyl sites for hydroxylation is 1. The van der Waals surface area contributed by atoms with Gasteiger partial charge in [-0.2, -0.15) is 0 Å². The van der Waals surface area contributed by atoms with Gasteiger partial charge in [-0.3, -0.25) is 9.59 Å². The van der Waals surface area contributed by atoms with E-state index in [0.717, 1.165) is 43.5 Å². The number of hydrogen-bond donors (Lipinski definition) is 4. The molecule has 0 saturated carbocycles. The molecule has 1 aliphatic heterocycles. The van der Waals surface area contributed by atoms with Crippen molar-refractivity contribution in [1.29, 1.82) is 0 Å². The van der Waals surface area contributed by atoms with E-state index in [4.69, 9.17) is 5.73 Å². The highest BCUT2D eigenvalue weighted by molar-refractivity contribution is 5.89. The van der Waals surface area contributed by atoms with Crippen LogP contribution in [-0.4, -0.2) is 35.4 Å². The normalized spacial score (nSPS) is 24.0. The van der Waals surface area contributed by atoms with Crippen molar-refractivity contribution in [3.05, 3.63) is 59.3 Å². The minimum Gasteiger partial charge on any atom is -0.384 e. The molecule has 1 unspecified atom stereocenters. The lowest BCUT2D eigenvalue weighted by Crippen LogP contribution is -2.53. The van der Waals surface area contributed by atoms with E-state index in [1.165, 1.54) is 5.56 Å². The van der Waals surface area contributed by atoms with Gasteiger partial charge in [-0.05, 0) is 62.3 Å². The van der Waals surface area contributed by atoms with E-state index in [-0.39, 0.29) is 23.9 Å². The number of piperidine rings is 1. The molecule has 7 nitrogen and oxygen atoms in total. The molecule has 30 heavy (non-hydrogen) atoms. The number of nitrogens with zero attached hydrogens (tertiary/aromatic N) is 1. The summed E-state index contributed by atoms with van der Waals surface area (Å²) < 4.78 is 0. The lowest BCUT2D eigenvalue weighted by molar-refractivity contribution is -0.130. The zero-order valence-electron chi connectivity index (χ0n) is 17.2. The highest BCUT2D eigenvalue weighted by Crippen LogP contribution is 2.30. The fraction of sp³-hybridized carbons (Fsp3) is 0.435. The second-order valence-corrected chi connectivity index (χ2v) is 8.24. The molecule has 4 rings (SSSR count). The van der Waals surface area contributed by atoms with Crippen molar-refractivity contribution >= 4 is 17.6 Å². The van der Waals surface area contributed by atoms with Crippen molar-refractivity contribution in [2.24, 2.45) is 0 Å². The van der Waals surface area contributed by atoms with Gasteiger partial charge in [0.2, 0.25) is 11.8 Å². The lowest BCUT2D eigenvalue weighted by atomic mass is 9.86. The Balaban J connectivity index is 1.32. The molecule has 1 fully saturated rings. The Morgan fingerprint density at radius 3 is 2.77 bits per heavy atom. The maximum Gasteiger partial charge on any atom is 0.242 e. The van der Waals surface area contributed by atoms with Crippen molar-refractivity contribution in [1.82, 2.24) is 20.9 Å². The summed E-state index contributed by atoms with van der Waals surface area (Å²) in [6, 6.07) is 13.0. The summed E-state index contributed by atoms with van der Waals surface area (Å²) in [5.74, 6) is 0.533. The SMILES string of the molecule is C[C@H](NC(=O)[C@H]1C[C@@H](c2ccccc2)CCN1)C(=O)NC1CCc2nc(N)ccc21. The Labute approximate surface area is 176 Å². The highest BCUT2D eigenvalue weighted by atomic mass is 16.2. The number of nitrogen functional groups attached to an aromatic ring is 1. The van der Waals surface area contributed by atoms with Crippen molar-refractivity contribution in [2.75, 3.05) is 12.3 Å². The van der Waals surface area contributed by atoms with E-state index in [2.05, 4.69) is 33.1 Å². The van der Waals surface area contributed by atoms with E-state index < -0.39 is 6.04 Å². The minimum atomic E-state index is -0.609. The Morgan fingerprint density at radius 2 is 1.97 bits per heavy atom. The fourth-order valence-corrected chi connectivity index (χ4v) is 4.45. The van der Waals surface area contributed by atoms with Crippen LogP contribution in [0.1, 0.15) is 55.0 Å². The summed E-state index contributed by atoms with van der Waals surface area (Å²) >= 11 is 0. The van der Waals surface area contributed by atoms with Gasteiger partial charge in [-0.15, -0.1) is 0 Å². The third-order valence-electron chi connectivity index (χ3n) is 6.14. The minimum absolute atomic E-state index is 0.0878. The Morgan fingerprint density at radius 1 is 1.17 bits per heavy atom. The molecule has 2 amide bonds. The number of hydrogen-bond acceptors (Lipinski definition) is 5. The molecule has 0 spiro atoms. The second kappa shape index (κ2) is 8.83. The van der Waals surface area contributed by atoms with Crippen LogP contribution in [0.4, 0.5) is 5.82 Å². The predicted octanol–water partition coefficient (Wildman–Crippen LogP) is 1.81. The maximum absolute atomic E-state index is 12.8. The van der Waals surface area contributed by atoms with Crippen LogP contribution >= 0.6 is 0 Å². The molecule has 2 aliphatic rings. The smallest absolute Gasteiger partial charge is 0.242 e. The number of carbonyl (C=O) groups excluding carboxylic acids is 2. The molecule has 1 aromatic carbocycles. The number of pyridine rings is 1. The summed E-state index contributed by atoms with van der Waals surface area (Å²) in [6.45, 7) is 2.51. The van der Waals surface area contributed by atoms with Gasteiger partial charge in [0.1, 0.15) is 11.9 Å². The summed E-state index contributed by atoms with van der Waals surface area (Å²) in [5.41, 5.74) is 8.96. The standard InChI is InChI=1S/C23H29N5O2/c1-14(22(29)28-19-9-8-18-17(19)7-10-21(24)27-18)26-23(30)20-13-16(11-12-25-20)15-5-3-2-4-6-15/h2-7,10,14,16,19-20,25H,8-9,11-13H2,1H3,(H2,24,27)(H,26,30)(H,28,29)/t14-,16-,19?,20+/m0/s1. The molecular formula is C23H29N5O2. The van der Waals surface area contributed by atoms with Crippen LogP contribution in [0.15, 0.2) is 42.5 Å². The Kier molecular flexibility index (Phi) is 5.99. The van der Waals surface area contributed by atoms with Gasteiger partial charge in [0.15, 0.2) is 0 Å². The summed E-state index contributed by atoms with van der Waals surface area (Å²) in [4.78, 5) is 29.8. The van der Waals surface area contributed by atoms with Crippen LogP contribution in [0.5, 0.6) is 0 Å². The topological polar surface area (TPSA) is 109 Å². The van der Waals surface area contributed by atoms with Gasteiger partial charge in [0.05, 0.1) is 12.1 Å². The largest absolute Gasteiger partial charge is 0.384 e. The number of carbonyl (C=O) groups is 2. The van der Waals surface area contributed by atoms with Gasteiger partial charge in [-0.25, -0.2) is 4.98 Å². The first-order valence-corrected chi connectivity index (χ1v) is 10.7. The number of benzene rings is 1. The molecule has 1 aromatic heterocycles. The average Bonchev–Trinajstić information content (AvgIpc) is 3.16. The van der Waals surface area contributed by atoms with Gasteiger partial charge >= 0.3 is 0 Å². The highest BCUT2D eigenvalue weighted by Gasteiger charge is 2.31. The van der Waals surface area contributed by atoms with E-state index in [1.807, 2.05) is 24.3 Å². The summed E-state index contributed by atoms with van der Waals surface area (Å²) in [5, 5.41) is 9.21. The van der Waals surface area contributed by atoms with Crippen LogP contribution in [0.25, 0.3) is 0 Å². The van der Waals surface area contributed by atoms with E-state index in [0.29, 0.717) is 11.7 Å². The van der Waals surface area contributed by atoms with Crippen LogP contribution in [0.2, 0.25) is 0 Å². The number of aromatic nitrogens is 1. The van der Waals surface area contributed by atoms with Crippen LogP contribution in [-0.2, 0) is 16.0 Å². The van der Waals surface area contributed by atoms with Crippen LogP contribution in [0, 0.1) is 0 Å². The molecule has 1 saturated heterocycles. The van der Waals surface area contributed by atoms with E-state index in [9.17, 15) is 9.59 Å². The van der Waals surface area contributed by atoms with Crippen molar-refractivity contribution < 1.29 is 9.59 Å². The van der Waals surface area contributed by atoms with Crippen LogP contribution in [0.3, 0.4) is 0 Å². The van der Waals surface area contributed by atoms with Crippen molar-refractivity contribution in [2.45, 2.75) is 56.7 Å². The van der Waals surface area contributed by atoms with Crippen molar-refractivity contribution in [3.63, 3.8) is 0 Å². The first-order chi connectivity index (χ1) is 14.5. The van der Waals surface area contributed by atoms with Gasteiger partial charge < -0.3 is 21.7 Å². The lowest BCUT2D eigenvalue weighted by Gasteiger charge is -2.30. The first kappa shape index (κ1) is 20.3. The maximum atomic E-state index is 12.8. The number of nitrogens with one attached hydrogen (secondary N) is 3. The zero-order chi connectivity index (χ0) is 21.1. The first-order valence-electron chi connectivity index (χ1n) is 10.7. The van der Waals surface area contributed by atoms with Gasteiger partial charge in [0, 0.05) is 5.69 Å². The summed E-state index contributed by atoms with van der Waals surface area (Å²) in [6.07, 6.45) is 3.32. The van der Waals surface area contributed by atoms with Crippen LogP contribution < -0.4 is 21.7 Å². The molecule has 2 aromatic rings. The number of anilines is 1. The predicted molar refractivity (Wildman–Crippen MR) is 116 cm³/mol. The monoisotopic (exact) mass is 407 g/mol. The number of rotatable bonds is 5. The molecule has 2 heterocycles. The van der Waals surface area contributed by atoms with Gasteiger partial charge in [-0.1, -0.05) is 36.4 Å². The molecule has 1 aliphatic carbocycles. The number of fused-ring (bicyclic) bond motifs is 1. The summed E-state index contributed by atoms with van der Waals surface area (Å²) in [7, 11) is 0. The van der Waals surface area contributed by atoms with E-state index in [1.54, 1.807) is 13.0 Å². The molecule has 4 atom stereocenters. The molecule has 7 heteroatoms. The Bertz CT molecular complexity index is 917.